The van der Waals surface area contributed by atoms with Crippen molar-refractivity contribution in [2.24, 2.45) is 0 Å². The number of methoxy groups -OCH3 is 1. The van der Waals surface area contributed by atoms with Crippen LogP contribution in [0.5, 0.6) is 0 Å². The maximum absolute atomic E-state index is 12.3. The highest BCUT2D eigenvalue weighted by Crippen LogP contribution is 2.12. The first kappa shape index (κ1) is 19.1. The van der Waals surface area contributed by atoms with Crippen molar-refractivity contribution in [3.63, 3.8) is 0 Å². The van der Waals surface area contributed by atoms with E-state index in [2.05, 4.69) is 20.4 Å². The molecule has 1 atom stereocenters. The van der Waals surface area contributed by atoms with Gasteiger partial charge >= 0.3 is 5.97 Å². The zero-order valence-electron chi connectivity index (χ0n) is 14.9. The molecular weight excluding hydrogens is 334 g/mol. The SMILES string of the molecule is CCC(C)NC(=O)c1ccnc(C(=O)Nc2ccc(C(=O)OC)cc2)c1. The summed E-state index contributed by atoms with van der Waals surface area (Å²) in [4.78, 5) is 39.9. The third kappa shape index (κ3) is 4.89. The minimum absolute atomic E-state index is 0.0428. The molecule has 2 amide bonds. The number of pyridine rings is 1. The van der Waals surface area contributed by atoms with Gasteiger partial charge in [0.1, 0.15) is 5.69 Å². The lowest BCUT2D eigenvalue weighted by molar-refractivity contribution is 0.0600. The van der Waals surface area contributed by atoms with Gasteiger partial charge in [-0.15, -0.1) is 0 Å². The quantitative estimate of drug-likeness (QED) is 0.777. The summed E-state index contributed by atoms with van der Waals surface area (Å²) in [5.41, 5.74) is 1.37. The van der Waals surface area contributed by atoms with Crippen molar-refractivity contribution >= 4 is 23.5 Å². The fourth-order valence-corrected chi connectivity index (χ4v) is 2.11. The van der Waals surface area contributed by atoms with E-state index in [0.29, 0.717) is 16.8 Å². The van der Waals surface area contributed by atoms with Crippen molar-refractivity contribution in [1.29, 1.82) is 0 Å². The van der Waals surface area contributed by atoms with E-state index in [-0.39, 0.29) is 17.6 Å². The summed E-state index contributed by atoms with van der Waals surface area (Å²) in [6, 6.07) is 9.31. The maximum Gasteiger partial charge on any atom is 0.337 e. The summed E-state index contributed by atoms with van der Waals surface area (Å²) in [5.74, 6) is -1.16. The summed E-state index contributed by atoms with van der Waals surface area (Å²) < 4.78 is 4.62. The van der Waals surface area contributed by atoms with Gasteiger partial charge in [-0.2, -0.15) is 0 Å². The van der Waals surface area contributed by atoms with Crippen molar-refractivity contribution in [3.05, 3.63) is 59.4 Å². The molecular formula is C19H21N3O4. The molecule has 0 spiro atoms. The molecule has 1 aromatic heterocycles. The number of anilines is 1. The van der Waals surface area contributed by atoms with Crippen LogP contribution in [-0.4, -0.2) is 35.9 Å². The lowest BCUT2D eigenvalue weighted by Gasteiger charge is -2.11. The number of esters is 1. The third-order valence-corrected chi connectivity index (χ3v) is 3.81. The van der Waals surface area contributed by atoms with E-state index in [9.17, 15) is 14.4 Å². The van der Waals surface area contributed by atoms with Crippen LogP contribution in [0.25, 0.3) is 0 Å². The van der Waals surface area contributed by atoms with Crippen LogP contribution >= 0.6 is 0 Å². The lowest BCUT2D eigenvalue weighted by Crippen LogP contribution is -2.32. The second-order valence-corrected chi connectivity index (χ2v) is 5.74. The van der Waals surface area contributed by atoms with Crippen molar-refractivity contribution < 1.29 is 19.1 Å². The minimum atomic E-state index is -0.454. The number of amides is 2. The summed E-state index contributed by atoms with van der Waals surface area (Å²) >= 11 is 0. The second kappa shape index (κ2) is 8.75. The molecule has 7 heteroatoms. The van der Waals surface area contributed by atoms with Gasteiger partial charge in [0.15, 0.2) is 0 Å². The van der Waals surface area contributed by atoms with Gasteiger partial charge in [-0.05, 0) is 49.7 Å². The van der Waals surface area contributed by atoms with Gasteiger partial charge in [0.25, 0.3) is 11.8 Å². The van der Waals surface area contributed by atoms with E-state index in [1.165, 1.54) is 19.4 Å². The molecule has 0 saturated heterocycles. The molecule has 2 rings (SSSR count). The van der Waals surface area contributed by atoms with Gasteiger partial charge in [-0.3, -0.25) is 14.6 Å². The van der Waals surface area contributed by atoms with Crippen molar-refractivity contribution in [3.8, 4) is 0 Å². The molecule has 0 saturated carbocycles. The fraction of sp³-hybridized carbons (Fsp3) is 0.263. The molecule has 0 radical (unpaired) electrons. The molecule has 0 aliphatic carbocycles. The zero-order valence-corrected chi connectivity index (χ0v) is 14.9. The molecule has 1 heterocycles. The number of carbonyl (C=O) groups excluding carboxylic acids is 3. The molecule has 2 aromatic rings. The number of hydrogen-bond acceptors (Lipinski definition) is 5. The van der Waals surface area contributed by atoms with Crippen LogP contribution in [0.2, 0.25) is 0 Å². The van der Waals surface area contributed by atoms with Crippen LogP contribution in [-0.2, 0) is 4.74 Å². The first-order chi connectivity index (χ1) is 12.4. The summed E-state index contributed by atoms with van der Waals surface area (Å²) in [5, 5.41) is 5.52. The lowest BCUT2D eigenvalue weighted by atomic mass is 10.1. The predicted molar refractivity (Wildman–Crippen MR) is 97.2 cm³/mol. The summed E-state index contributed by atoms with van der Waals surface area (Å²) in [7, 11) is 1.30. The number of benzene rings is 1. The number of aromatic nitrogens is 1. The molecule has 26 heavy (non-hydrogen) atoms. The zero-order chi connectivity index (χ0) is 19.1. The monoisotopic (exact) mass is 355 g/mol. The molecule has 136 valence electrons. The second-order valence-electron chi connectivity index (χ2n) is 5.74. The Morgan fingerprint density at radius 2 is 1.77 bits per heavy atom. The van der Waals surface area contributed by atoms with Crippen molar-refractivity contribution in [1.82, 2.24) is 10.3 Å². The standard InChI is InChI=1S/C19H21N3O4/c1-4-12(2)21-17(23)14-9-10-20-16(11-14)18(24)22-15-7-5-13(6-8-15)19(25)26-3/h5-12H,4H2,1-3H3,(H,21,23)(H,22,24). The van der Waals surface area contributed by atoms with Crippen LogP contribution in [0.1, 0.15) is 51.5 Å². The van der Waals surface area contributed by atoms with Crippen LogP contribution < -0.4 is 10.6 Å². The molecule has 0 aliphatic rings. The Hall–Kier alpha value is -3.22. The van der Waals surface area contributed by atoms with Gasteiger partial charge in [0.2, 0.25) is 0 Å². The molecule has 1 aromatic carbocycles. The average molecular weight is 355 g/mol. The molecule has 1 unspecified atom stereocenters. The first-order valence-corrected chi connectivity index (χ1v) is 8.21. The normalized spacial score (nSPS) is 11.3. The highest BCUT2D eigenvalue weighted by atomic mass is 16.5. The van der Waals surface area contributed by atoms with E-state index in [1.54, 1.807) is 30.3 Å². The van der Waals surface area contributed by atoms with Crippen LogP contribution in [0.15, 0.2) is 42.6 Å². The van der Waals surface area contributed by atoms with Crippen LogP contribution in [0, 0.1) is 0 Å². The smallest absolute Gasteiger partial charge is 0.337 e. The van der Waals surface area contributed by atoms with Gasteiger partial charge in [0, 0.05) is 23.5 Å². The summed E-state index contributed by atoms with van der Waals surface area (Å²) in [6.45, 7) is 3.88. The molecule has 0 bridgehead atoms. The number of nitrogens with one attached hydrogen (secondary N) is 2. The number of ether oxygens (including phenoxy) is 1. The van der Waals surface area contributed by atoms with Crippen LogP contribution in [0.3, 0.4) is 0 Å². The molecule has 0 aliphatic heterocycles. The highest BCUT2D eigenvalue weighted by molar-refractivity contribution is 6.05. The van der Waals surface area contributed by atoms with Gasteiger partial charge in [0.05, 0.1) is 12.7 Å². The van der Waals surface area contributed by atoms with E-state index in [1.807, 2.05) is 13.8 Å². The van der Waals surface area contributed by atoms with Gasteiger partial charge in [-0.25, -0.2) is 4.79 Å². The third-order valence-electron chi connectivity index (χ3n) is 3.81. The number of hydrogen-bond donors (Lipinski definition) is 2. The predicted octanol–water partition coefficient (Wildman–Crippen LogP) is 2.65. The Bertz CT molecular complexity index is 803. The minimum Gasteiger partial charge on any atom is -0.465 e. The number of rotatable bonds is 6. The Kier molecular flexibility index (Phi) is 6.43. The fourth-order valence-electron chi connectivity index (χ4n) is 2.11. The Morgan fingerprint density at radius 3 is 2.38 bits per heavy atom. The Morgan fingerprint density at radius 1 is 1.08 bits per heavy atom. The summed E-state index contributed by atoms with van der Waals surface area (Å²) in [6.07, 6.45) is 2.23. The van der Waals surface area contributed by atoms with Crippen molar-refractivity contribution in [2.75, 3.05) is 12.4 Å². The topological polar surface area (TPSA) is 97.4 Å². The maximum atomic E-state index is 12.3. The van der Waals surface area contributed by atoms with E-state index < -0.39 is 11.9 Å². The largest absolute Gasteiger partial charge is 0.465 e. The van der Waals surface area contributed by atoms with E-state index in [0.717, 1.165) is 6.42 Å². The first-order valence-electron chi connectivity index (χ1n) is 8.21. The Labute approximate surface area is 151 Å². The number of nitrogens with zero attached hydrogens (tertiary/aromatic N) is 1. The Balaban J connectivity index is 2.09. The van der Waals surface area contributed by atoms with Crippen LogP contribution in [0.4, 0.5) is 5.69 Å². The number of carbonyl (C=O) groups is 3. The van der Waals surface area contributed by atoms with Gasteiger partial charge < -0.3 is 15.4 Å². The molecule has 2 N–H and O–H groups in total. The van der Waals surface area contributed by atoms with E-state index >= 15 is 0 Å². The highest BCUT2D eigenvalue weighted by Gasteiger charge is 2.14. The van der Waals surface area contributed by atoms with Crippen molar-refractivity contribution in [2.45, 2.75) is 26.3 Å². The average Bonchev–Trinajstić information content (AvgIpc) is 2.67. The van der Waals surface area contributed by atoms with E-state index in [4.69, 9.17) is 0 Å². The molecule has 7 nitrogen and oxygen atoms in total. The molecule has 0 fully saturated rings. The van der Waals surface area contributed by atoms with Gasteiger partial charge in [-0.1, -0.05) is 6.92 Å².